The summed E-state index contributed by atoms with van der Waals surface area (Å²) in [6, 6.07) is 4.20. The summed E-state index contributed by atoms with van der Waals surface area (Å²) in [5.74, 6) is 0.157. The Kier molecular flexibility index (Phi) is 7.69. The van der Waals surface area contributed by atoms with Crippen LogP contribution in [0, 0.1) is 0 Å². The van der Waals surface area contributed by atoms with Crippen LogP contribution in [0.2, 0.25) is 5.02 Å². The predicted octanol–water partition coefficient (Wildman–Crippen LogP) is 4.29. The van der Waals surface area contributed by atoms with Crippen molar-refractivity contribution in [2.24, 2.45) is 0 Å². The molecule has 29 heavy (non-hydrogen) atoms. The Hall–Kier alpha value is -1.46. The number of nitrogens with zero attached hydrogens (tertiary/aromatic N) is 3. The third-order valence-electron chi connectivity index (χ3n) is 4.34. The van der Waals surface area contributed by atoms with Crippen molar-refractivity contribution in [1.29, 1.82) is 0 Å². The van der Waals surface area contributed by atoms with Crippen molar-refractivity contribution in [2.45, 2.75) is 34.9 Å². The second-order valence-corrected chi connectivity index (χ2v) is 11.0. The molecular formula is C18H21ClN4O3S3. The predicted molar refractivity (Wildman–Crippen MR) is 117 cm³/mol. The molecule has 0 radical (unpaired) electrons. The van der Waals surface area contributed by atoms with Gasteiger partial charge in [-0.1, -0.05) is 53.6 Å². The van der Waals surface area contributed by atoms with Crippen molar-refractivity contribution in [2.75, 3.05) is 24.2 Å². The van der Waals surface area contributed by atoms with Crippen LogP contribution in [0.5, 0.6) is 0 Å². The maximum atomic E-state index is 13.0. The molecule has 0 unspecified atom stereocenters. The van der Waals surface area contributed by atoms with Crippen LogP contribution in [0.3, 0.4) is 0 Å². The van der Waals surface area contributed by atoms with E-state index in [0.717, 1.165) is 25.7 Å². The maximum absolute atomic E-state index is 13.0. The van der Waals surface area contributed by atoms with Crippen molar-refractivity contribution in [1.82, 2.24) is 14.5 Å². The zero-order valence-electron chi connectivity index (χ0n) is 15.6. The molecule has 0 bridgehead atoms. The minimum absolute atomic E-state index is 0.0634. The van der Waals surface area contributed by atoms with Gasteiger partial charge in [-0.15, -0.1) is 16.8 Å². The number of sulfonamides is 1. The van der Waals surface area contributed by atoms with Crippen molar-refractivity contribution in [3.8, 4) is 0 Å². The van der Waals surface area contributed by atoms with E-state index < -0.39 is 15.9 Å². The fourth-order valence-electron chi connectivity index (χ4n) is 2.88. The van der Waals surface area contributed by atoms with E-state index in [9.17, 15) is 13.2 Å². The molecule has 1 fully saturated rings. The lowest BCUT2D eigenvalue weighted by molar-refractivity contribution is 0.102. The van der Waals surface area contributed by atoms with Crippen LogP contribution in [0.15, 0.2) is 40.1 Å². The monoisotopic (exact) mass is 472 g/mol. The van der Waals surface area contributed by atoms with Crippen LogP contribution in [0.1, 0.15) is 36.0 Å². The molecule has 0 saturated carbocycles. The van der Waals surface area contributed by atoms with Gasteiger partial charge in [-0.05, 0) is 31.0 Å². The molecule has 156 valence electrons. The molecule has 11 heteroatoms. The van der Waals surface area contributed by atoms with E-state index in [2.05, 4.69) is 22.1 Å². The zero-order chi connectivity index (χ0) is 20.9. The molecule has 2 heterocycles. The summed E-state index contributed by atoms with van der Waals surface area (Å²) in [7, 11) is -3.68. The molecule has 1 aliphatic heterocycles. The Morgan fingerprint density at radius 1 is 1.28 bits per heavy atom. The van der Waals surface area contributed by atoms with Gasteiger partial charge in [0.25, 0.3) is 5.91 Å². The smallest absolute Gasteiger partial charge is 0.259 e. The normalized spacial score (nSPS) is 15.6. The highest BCUT2D eigenvalue weighted by Crippen LogP contribution is 2.28. The average Bonchev–Trinajstić information content (AvgIpc) is 2.96. The van der Waals surface area contributed by atoms with Gasteiger partial charge in [0.1, 0.15) is 0 Å². The first-order chi connectivity index (χ1) is 13.9. The minimum atomic E-state index is -3.68. The molecule has 1 aromatic carbocycles. The number of benzene rings is 1. The number of aromatic nitrogens is 2. The molecule has 7 nitrogen and oxygen atoms in total. The Bertz CT molecular complexity index is 986. The number of halogens is 1. The van der Waals surface area contributed by atoms with Gasteiger partial charge in [-0.25, -0.2) is 8.42 Å². The number of nitrogens with one attached hydrogen (secondary N) is 1. The van der Waals surface area contributed by atoms with Gasteiger partial charge in [0, 0.05) is 18.8 Å². The lowest BCUT2D eigenvalue weighted by Crippen LogP contribution is -2.32. The number of carbonyl (C=O) groups excluding carboxylic acids is 1. The number of hydrogen-bond donors (Lipinski definition) is 1. The quantitative estimate of drug-likeness (QED) is 0.367. The number of hydrogen-bond acceptors (Lipinski definition) is 7. The van der Waals surface area contributed by atoms with Gasteiger partial charge >= 0.3 is 0 Å². The minimum Gasteiger partial charge on any atom is -0.296 e. The Balaban J connectivity index is 1.80. The SMILES string of the molecule is C=CCSc1nnc(NC(=O)c2cc(S(=O)(=O)N3CCCCCC3)ccc2Cl)s1. The second-order valence-electron chi connectivity index (χ2n) is 6.39. The molecule has 2 aromatic rings. The Morgan fingerprint density at radius 3 is 2.69 bits per heavy atom. The van der Waals surface area contributed by atoms with Gasteiger partial charge in [-0.2, -0.15) is 4.31 Å². The summed E-state index contributed by atoms with van der Waals surface area (Å²) < 4.78 is 28.2. The van der Waals surface area contributed by atoms with Gasteiger partial charge in [0.05, 0.1) is 15.5 Å². The van der Waals surface area contributed by atoms with E-state index in [4.69, 9.17) is 11.6 Å². The molecule has 3 rings (SSSR count). The molecule has 0 atom stereocenters. The van der Waals surface area contributed by atoms with Crippen LogP contribution in [-0.2, 0) is 10.0 Å². The summed E-state index contributed by atoms with van der Waals surface area (Å²) in [6.45, 7) is 4.62. The summed E-state index contributed by atoms with van der Waals surface area (Å²) in [4.78, 5) is 12.7. The van der Waals surface area contributed by atoms with Crippen LogP contribution in [0.25, 0.3) is 0 Å². The summed E-state index contributed by atoms with van der Waals surface area (Å²) in [6.07, 6.45) is 5.47. The van der Waals surface area contributed by atoms with Crippen molar-refractivity contribution in [3.63, 3.8) is 0 Å². The molecule has 0 aliphatic carbocycles. The maximum Gasteiger partial charge on any atom is 0.259 e. The lowest BCUT2D eigenvalue weighted by Gasteiger charge is -2.20. The summed E-state index contributed by atoms with van der Waals surface area (Å²) >= 11 is 8.86. The molecular weight excluding hydrogens is 452 g/mol. The molecule has 1 amide bonds. The molecule has 1 saturated heterocycles. The van der Waals surface area contributed by atoms with Gasteiger partial charge in [0.15, 0.2) is 4.34 Å². The van der Waals surface area contributed by atoms with E-state index in [1.807, 2.05) is 0 Å². The highest BCUT2D eigenvalue weighted by molar-refractivity contribution is 8.01. The van der Waals surface area contributed by atoms with Crippen LogP contribution < -0.4 is 5.32 Å². The highest BCUT2D eigenvalue weighted by atomic mass is 35.5. The van der Waals surface area contributed by atoms with Gasteiger partial charge in [0.2, 0.25) is 15.2 Å². The van der Waals surface area contributed by atoms with Crippen LogP contribution in [0.4, 0.5) is 5.13 Å². The highest BCUT2D eigenvalue weighted by Gasteiger charge is 2.27. The fraction of sp³-hybridized carbons (Fsp3) is 0.389. The Morgan fingerprint density at radius 2 is 2.00 bits per heavy atom. The van der Waals surface area contributed by atoms with E-state index >= 15 is 0 Å². The van der Waals surface area contributed by atoms with Crippen LogP contribution in [-0.4, -0.2) is 47.7 Å². The largest absolute Gasteiger partial charge is 0.296 e. The molecule has 0 spiro atoms. The van der Waals surface area contributed by atoms with E-state index in [1.165, 1.54) is 45.6 Å². The summed E-state index contributed by atoms with van der Waals surface area (Å²) in [5, 5.41) is 11.0. The van der Waals surface area contributed by atoms with Crippen molar-refractivity contribution < 1.29 is 13.2 Å². The second kappa shape index (κ2) is 10.0. The standard InChI is InChI=1S/C18H21ClN4O3S3/c1-2-11-27-18-22-21-17(28-18)20-16(24)14-12-13(7-8-15(14)19)29(25,26)23-9-5-3-4-6-10-23/h2,7-8,12H,1,3-6,9-11H2,(H,20,21,24). The number of amides is 1. The van der Waals surface area contributed by atoms with Gasteiger partial charge in [-0.3, -0.25) is 10.1 Å². The third kappa shape index (κ3) is 5.58. The topological polar surface area (TPSA) is 92.3 Å². The lowest BCUT2D eigenvalue weighted by atomic mass is 10.2. The molecule has 1 aliphatic rings. The first-order valence-corrected chi connectivity index (χ1v) is 12.7. The van der Waals surface area contributed by atoms with E-state index in [1.54, 1.807) is 6.08 Å². The number of anilines is 1. The summed E-state index contributed by atoms with van der Waals surface area (Å²) in [5.41, 5.74) is 0.0815. The molecule has 1 N–H and O–H groups in total. The Labute approximate surface area is 183 Å². The first-order valence-electron chi connectivity index (χ1n) is 9.10. The zero-order valence-corrected chi connectivity index (χ0v) is 18.8. The van der Waals surface area contributed by atoms with E-state index in [-0.39, 0.29) is 15.5 Å². The van der Waals surface area contributed by atoms with Crippen LogP contribution >= 0.6 is 34.7 Å². The van der Waals surface area contributed by atoms with E-state index in [0.29, 0.717) is 28.3 Å². The molecule has 1 aromatic heterocycles. The number of thioether (sulfide) groups is 1. The third-order valence-corrected chi connectivity index (χ3v) is 8.53. The fourth-order valence-corrected chi connectivity index (χ4v) is 6.14. The van der Waals surface area contributed by atoms with Crippen molar-refractivity contribution >= 4 is 55.8 Å². The van der Waals surface area contributed by atoms with Gasteiger partial charge < -0.3 is 0 Å². The van der Waals surface area contributed by atoms with Crippen molar-refractivity contribution in [3.05, 3.63) is 41.4 Å². The number of carbonyl (C=O) groups is 1. The first kappa shape index (κ1) is 22.2. The average molecular weight is 473 g/mol. The number of rotatable bonds is 7.